The second kappa shape index (κ2) is 10.7. The monoisotopic (exact) mass is 442 g/mol. The van der Waals surface area contributed by atoms with E-state index in [9.17, 15) is 19.7 Å². The highest BCUT2D eigenvalue weighted by Gasteiger charge is 2.34. The van der Waals surface area contributed by atoms with Crippen molar-refractivity contribution in [2.75, 3.05) is 26.9 Å². The lowest BCUT2D eigenvalue weighted by molar-refractivity contribution is -0.385. The number of nitrogens with one attached hydrogen (secondary N) is 1. The van der Waals surface area contributed by atoms with Crippen LogP contribution in [0.4, 0.5) is 5.69 Å². The molecule has 2 aromatic rings. The molecular weight excluding hydrogens is 416 g/mol. The highest BCUT2D eigenvalue weighted by molar-refractivity contribution is 5.98. The predicted molar refractivity (Wildman–Crippen MR) is 115 cm³/mol. The fourth-order valence-electron chi connectivity index (χ4n) is 3.58. The van der Waals surface area contributed by atoms with Gasteiger partial charge in [0.25, 0.3) is 11.6 Å². The molecule has 1 aromatic heterocycles. The first-order valence-corrected chi connectivity index (χ1v) is 10.3. The zero-order valence-electron chi connectivity index (χ0n) is 18.1. The third-order valence-corrected chi connectivity index (χ3v) is 5.26. The van der Waals surface area contributed by atoms with Crippen LogP contribution in [0.5, 0.6) is 5.88 Å². The van der Waals surface area contributed by atoms with Crippen LogP contribution in [-0.4, -0.2) is 59.5 Å². The number of hydrogen-bond acceptors (Lipinski definition) is 7. The van der Waals surface area contributed by atoms with Crippen molar-refractivity contribution < 1.29 is 24.0 Å². The van der Waals surface area contributed by atoms with E-state index in [1.807, 2.05) is 6.07 Å². The Morgan fingerprint density at radius 3 is 2.75 bits per heavy atom. The van der Waals surface area contributed by atoms with Crippen molar-refractivity contribution in [3.05, 3.63) is 63.3 Å². The van der Waals surface area contributed by atoms with Crippen molar-refractivity contribution in [1.29, 1.82) is 0 Å². The van der Waals surface area contributed by atoms with E-state index in [4.69, 9.17) is 9.47 Å². The molecule has 0 bridgehead atoms. The van der Waals surface area contributed by atoms with Gasteiger partial charge in [0.05, 0.1) is 11.5 Å². The fourth-order valence-corrected chi connectivity index (χ4v) is 3.58. The lowest BCUT2D eigenvalue weighted by atomic mass is 10.1. The first-order valence-electron chi connectivity index (χ1n) is 10.3. The average Bonchev–Trinajstić information content (AvgIpc) is 3.27. The minimum Gasteiger partial charge on any atom is -0.475 e. The molecule has 0 saturated carbocycles. The van der Waals surface area contributed by atoms with Crippen LogP contribution in [-0.2, 0) is 16.1 Å². The number of hydrogen-bond donors (Lipinski definition) is 1. The van der Waals surface area contributed by atoms with E-state index in [1.165, 1.54) is 23.1 Å². The SMILES string of the molecule is COCCOc1ccc(CNC(=O)C2CCCN2C(=O)c2ccc([N+](=O)[O-])c(C)c2)cn1. The molecule has 1 aromatic carbocycles. The molecule has 32 heavy (non-hydrogen) atoms. The number of likely N-dealkylation sites (tertiary alicyclic amines) is 1. The molecule has 10 heteroatoms. The molecule has 2 heterocycles. The summed E-state index contributed by atoms with van der Waals surface area (Å²) < 4.78 is 10.3. The number of nitro benzene ring substituents is 1. The molecule has 0 aliphatic carbocycles. The van der Waals surface area contributed by atoms with Crippen LogP contribution in [0.2, 0.25) is 0 Å². The maximum absolute atomic E-state index is 13.0. The molecule has 1 N–H and O–H groups in total. The zero-order valence-corrected chi connectivity index (χ0v) is 18.1. The van der Waals surface area contributed by atoms with Crippen molar-refractivity contribution in [2.24, 2.45) is 0 Å². The lowest BCUT2D eigenvalue weighted by Crippen LogP contribution is -2.45. The first kappa shape index (κ1) is 23.1. The van der Waals surface area contributed by atoms with Crippen LogP contribution in [0.25, 0.3) is 0 Å². The summed E-state index contributed by atoms with van der Waals surface area (Å²) in [6, 6.07) is 7.20. The number of rotatable bonds is 9. The van der Waals surface area contributed by atoms with E-state index < -0.39 is 11.0 Å². The van der Waals surface area contributed by atoms with Crippen LogP contribution in [0.15, 0.2) is 36.5 Å². The summed E-state index contributed by atoms with van der Waals surface area (Å²) in [7, 11) is 1.59. The summed E-state index contributed by atoms with van der Waals surface area (Å²) >= 11 is 0. The van der Waals surface area contributed by atoms with Gasteiger partial charge >= 0.3 is 0 Å². The maximum Gasteiger partial charge on any atom is 0.272 e. The molecule has 0 spiro atoms. The molecule has 1 fully saturated rings. The Kier molecular flexibility index (Phi) is 7.72. The average molecular weight is 442 g/mol. The summed E-state index contributed by atoms with van der Waals surface area (Å²) in [6.45, 7) is 3.20. The van der Waals surface area contributed by atoms with Gasteiger partial charge < -0.3 is 19.7 Å². The molecule has 1 saturated heterocycles. The van der Waals surface area contributed by atoms with Crippen LogP contribution in [0.3, 0.4) is 0 Å². The number of carbonyl (C=O) groups is 2. The molecule has 1 aliphatic heterocycles. The number of benzene rings is 1. The Morgan fingerprint density at radius 1 is 1.28 bits per heavy atom. The van der Waals surface area contributed by atoms with E-state index in [1.54, 1.807) is 26.3 Å². The number of aromatic nitrogens is 1. The topological polar surface area (TPSA) is 124 Å². The molecule has 10 nitrogen and oxygen atoms in total. The van der Waals surface area contributed by atoms with Crippen LogP contribution in [0, 0.1) is 17.0 Å². The summed E-state index contributed by atoms with van der Waals surface area (Å²) in [6.07, 6.45) is 2.90. The molecule has 1 unspecified atom stereocenters. The largest absolute Gasteiger partial charge is 0.475 e. The van der Waals surface area contributed by atoms with E-state index in [-0.39, 0.29) is 24.0 Å². The normalized spacial score (nSPS) is 15.4. The van der Waals surface area contributed by atoms with E-state index >= 15 is 0 Å². The molecule has 2 amide bonds. The number of carbonyl (C=O) groups excluding carboxylic acids is 2. The Balaban J connectivity index is 1.59. The third-order valence-electron chi connectivity index (χ3n) is 5.26. The maximum atomic E-state index is 13.0. The third kappa shape index (κ3) is 5.58. The number of nitrogens with zero attached hydrogens (tertiary/aromatic N) is 3. The van der Waals surface area contributed by atoms with Crippen molar-refractivity contribution in [2.45, 2.75) is 32.4 Å². The minimum absolute atomic E-state index is 0.0408. The summed E-state index contributed by atoms with van der Waals surface area (Å²) in [5, 5.41) is 13.9. The highest BCUT2D eigenvalue weighted by atomic mass is 16.6. The summed E-state index contributed by atoms with van der Waals surface area (Å²) in [5.74, 6) is -0.0714. The quantitative estimate of drug-likeness (QED) is 0.359. The smallest absolute Gasteiger partial charge is 0.272 e. The molecule has 3 rings (SSSR count). The number of pyridine rings is 1. The number of methoxy groups -OCH3 is 1. The predicted octanol–water partition coefficient (Wildman–Crippen LogP) is 2.24. The van der Waals surface area contributed by atoms with Gasteiger partial charge in [-0.15, -0.1) is 0 Å². The second-order valence-corrected chi connectivity index (χ2v) is 7.48. The van der Waals surface area contributed by atoms with Crippen molar-refractivity contribution in [3.63, 3.8) is 0 Å². The standard InChI is InChI=1S/C22H26N4O6/c1-15-12-17(6-7-18(15)26(29)30)22(28)25-9-3-4-19(25)21(27)24-14-16-5-8-20(23-13-16)32-11-10-31-2/h5-8,12-13,19H,3-4,9-11,14H2,1-2H3,(H,24,27). The Labute approximate surface area is 185 Å². The van der Waals surface area contributed by atoms with Crippen LogP contribution < -0.4 is 10.1 Å². The molecular formula is C22H26N4O6. The first-order chi connectivity index (χ1) is 15.4. The van der Waals surface area contributed by atoms with Gasteiger partial charge in [-0.3, -0.25) is 19.7 Å². The summed E-state index contributed by atoms with van der Waals surface area (Å²) in [4.78, 5) is 42.0. The molecule has 170 valence electrons. The molecule has 0 radical (unpaired) electrons. The number of ether oxygens (including phenoxy) is 2. The Bertz CT molecular complexity index is 979. The van der Waals surface area contributed by atoms with Gasteiger partial charge in [-0.25, -0.2) is 4.98 Å². The van der Waals surface area contributed by atoms with Crippen molar-refractivity contribution in [3.8, 4) is 5.88 Å². The van der Waals surface area contributed by atoms with Crippen LogP contribution >= 0.6 is 0 Å². The van der Waals surface area contributed by atoms with Crippen molar-refractivity contribution in [1.82, 2.24) is 15.2 Å². The van der Waals surface area contributed by atoms with Gasteiger partial charge in [-0.05, 0) is 37.5 Å². The van der Waals surface area contributed by atoms with E-state index in [0.29, 0.717) is 49.6 Å². The fraction of sp³-hybridized carbons (Fsp3) is 0.409. The minimum atomic E-state index is -0.581. The lowest BCUT2D eigenvalue weighted by Gasteiger charge is -2.24. The highest BCUT2D eigenvalue weighted by Crippen LogP contribution is 2.24. The number of nitro groups is 1. The van der Waals surface area contributed by atoms with E-state index in [0.717, 1.165) is 5.56 Å². The van der Waals surface area contributed by atoms with Crippen molar-refractivity contribution >= 4 is 17.5 Å². The summed E-state index contributed by atoms with van der Waals surface area (Å²) in [5.41, 5.74) is 1.50. The van der Waals surface area contributed by atoms with Gasteiger partial charge in [-0.2, -0.15) is 0 Å². The van der Waals surface area contributed by atoms with Gasteiger partial charge in [0, 0.05) is 49.7 Å². The van der Waals surface area contributed by atoms with E-state index in [2.05, 4.69) is 10.3 Å². The van der Waals surface area contributed by atoms with Gasteiger partial charge in [0.2, 0.25) is 11.8 Å². The molecule has 1 atom stereocenters. The second-order valence-electron chi connectivity index (χ2n) is 7.48. The Hall–Kier alpha value is -3.53. The number of amides is 2. The molecule has 1 aliphatic rings. The zero-order chi connectivity index (χ0) is 23.1. The van der Waals surface area contributed by atoms with Gasteiger partial charge in [-0.1, -0.05) is 6.07 Å². The van der Waals surface area contributed by atoms with Gasteiger partial charge in [0.15, 0.2) is 0 Å². The van der Waals surface area contributed by atoms with Gasteiger partial charge in [0.1, 0.15) is 12.6 Å². The van der Waals surface area contributed by atoms with Crippen LogP contribution in [0.1, 0.15) is 34.3 Å². The Morgan fingerprint density at radius 2 is 2.09 bits per heavy atom. The number of aryl methyl sites for hydroxylation is 1.